The van der Waals surface area contributed by atoms with Gasteiger partial charge in [0.05, 0.1) is 12.2 Å². The molecule has 0 bridgehead atoms. The molecule has 0 aromatic carbocycles. The highest BCUT2D eigenvalue weighted by Crippen LogP contribution is 1.98. The normalized spacial score (nSPS) is 18.0. The Morgan fingerprint density at radius 2 is 2.00 bits per heavy atom. The van der Waals surface area contributed by atoms with Gasteiger partial charge in [0, 0.05) is 0 Å². The maximum absolute atomic E-state index is 8.85. The van der Waals surface area contributed by atoms with E-state index in [4.69, 9.17) is 10.2 Å². The SMILES string of the molecule is C[CH]CC(O)C(C)O. The summed E-state index contributed by atoms with van der Waals surface area (Å²) < 4.78 is 0. The van der Waals surface area contributed by atoms with Crippen LogP contribution in [0.25, 0.3) is 0 Å². The van der Waals surface area contributed by atoms with Crippen LogP contribution in [0.15, 0.2) is 0 Å². The van der Waals surface area contributed by atoms with Gasteiger partial charge in [0.2, 0.25) is 0 Å². The van der Waals surface area contributed by atoms with Crippen LogP contribution >= 0.6 is 0 Å². The molecule has 0 amide bonds. The molecule has 0 rings (SSSR count). The molecule has 2 heteroatoms. The zero-order chi connectivity index (χ0) is 6.57. The van der Waals surface area contributed by atoms with Crippen molar-refractivity contribution in [2.75, 3.05) is 0 Å². The third kappa shape index (κ3) is 2.99. The summed E-state index contributed by atoms with van der Waals surface area (Å²) in [6.07, 6.45) is 1.21. The van der Waals surface area contributed by atoms with Gasteiger partial charge in [-0.2, -0.15) is 0 Å². The molecule has 0 spiro atoms. The highest BCUT2D eigenvalue weighted by molar-refractivity contribution is 4.68. The largest absolute Gasteiger partial charge is 0.391 e. The quantitative estimate of drug-likeness (QED) is 0.559. The molecule has 49 valence electrons. The maximum Gasteiger partial charge on any atom is 0.0799 e. The van der Waals surface area contributed by atoms with E-state index in [2.05, 4.69) is 0 Å². The van der Waals surface area contributed by atoms with Crippen LogP contribution in [0.2, 0.25) is 0 Å². The second-order valence-corrected chi connectivity index (χ2v) is 1.95. The molecule has 0 saturated carbocycles. The summed E-state index contributed by atoms with van der Waals surface area (Å²) in [5.41, 5.74) is 0. The van der Waals surface area contributed by atoms with Crippen molar-refractivity contribution in [2.45, 2.75) is 32.5 Å². The molecule has 2 nitrogen and oxygen atoms in total. The molecule has 2 unspecified atom stereocenters. The third-order valence-electron chi connectivity index (χ3n) is 1.03. The van der Waals surface area contributed by atoms with Crippen LogP contribution in [-0.4, -0.2) is 22.4 Å². The lowest BCUT2D eigenvalue weighted by atomic mass is 10.1. The van der Waals surface area contributed by atoms with Crippen LogP contribution in [0.5, 0.6) is 0 Å². The number of aliphatic hydroxyl groups is 2. The van der Waals surface area contributed by atoms with Gasteiger partial charge in [-0.15, -0.1) is 0 Å². The topological polar surface area (TPSA) is 40.5 Å². The zero-order valence-electron chi connectivity index (χ0n) is 5.33. The summed E-state index contributed by atoms with van der Waals surface area (Å²) in [6.45, 7) is 3.43. The van der Waals surface area contributed by atoms with E-state index in [9.17, 15) is 0 Å². The number of aliphatic hydroxyl groups excluding tert-OH is 2. The Bertz CT molecular complexity index is 52.5. The van der Waals surface area contributed by atoms with Crippen molar-refractivity contribution in [3.8, 4) is 0 Å². The van der Waals surface area contributed by atoms with Crippen molar-refractivity contribution in [3.05, 3.63) is 6.42 Å². The lowest BCUT2D eigenvalue weighted by Crippen LogP contribution is -2.21. The second kappa shape index (κ2) is 3.87. The fraction of sp³-hybridized carbons (Fsp3) is 0.833. The molecular weight excluding hydrogens is 104 g/mol. The lowest BCUT2D eigenvalue weighted by Gasteiger charge is -2.10. The van der Waals surface area contributed by atoms with Crippen molar-refractivity contribution in [3.63, 3.8) is 0 Å². The Kier molecular flexibility index (Phi) is 3.83. The molecule has 0 heterocycles. The molecule has 8 heavy (non-hydrogen) atoms. The highest BCUT2D eigenvalue weighted by atomic mass is 16.3. The first-order chi connectivity index (χ1) is 3.68. The summed E-state index contributed by atoms with van der Waals surface area (Å²) in [4.78, 5) is 0. The average Bonchev–Trinajstić information content (AvgIpc) is 1.67. The molecule has 0 aliphatic heterocycles. The van der Waals surface area contributed by atoms with Crippen molar-refractivity contribution in [1.82, 2.24) is 0 Å². The summed E-state index contributed by atoms with van der Waals surface area (Å²) in [7, 11) is 0. The van der Waals surface area contributed by atoms with E-state index >= 15 is 0 Å². The van der Waals surface area contributed by atoms with E-state index < -0.39 is 12.2 Å². The maximum atomic E-state index is 8.85. The Balaban J connectivity index is 3.17. The van der Waals surface area contributed by atoms with Crippen molar-refractivity contribution < 1.29 is 10.2 Å². The Morgan fingerprint density at radius 1 is 1.50 bits per heavy atom. The van der Waals surface area contributed by atoms with Crippen LogP contribution in [0, 0.1) is 6.42 Å². The summed E-state index contributed by atoms with van der Waals surface area (Å²) >= 11 is 0. The van der Waals surface area contributed by atoms with Gasteiger partial charge in [-0.1, -0.05) is 6.92 Å². The standard InChI is InChI=1S/C6H13O2/c1-3-4-6(8)5(2)7/h3,5-8H,4H2,1-2H3. The molecular formula is C6H13O2. The van der Waals surface area contributed by atoms with Gasteiger partial charge in [0.15, 0.2) is 0 Å². The fourth-order valence-electron chi connectivity index (χ4n) is 0.438. The molecule has 1 radical (unpaired) electrons. The van der Waals surface area contributed by atoms with E-state index in [0.29, 0.717) is 6.42 Å². The molecule has 0 fully saturated rings. The minimum absolute atomic E-state index is 0.567. The van der Waals surface area contributed by atoms with Crippen LogP contribution < -0.4 is 0 Å². The van der Waals surface area contributed by atoms with E-state index in [1.54, 1.807) is 6.92 Å². The number of hydrogen-bond acceptors (Lipinski definition) is 2. The number of hydrogen-bond donors (Lipinski definition) is 2. The average molecular weight is 117 g/mol. The van der Waals surface area contributed by atoms with Gasteiger partial charge in [0.25, 0.3) is 0 Å². The van der Waals surface area contributed by atoms with Gasteiger partial charge in [-0.05, 0) is 19.8 Å². The summed E-state index contributed by atoms with van der Waals surface area (Å²) in [6, 6.07) is 0. The van der Waals surface area contributed by atoms with E-state index in [-0.39, 0.29) is 0 Å². The van der Waals surface area contributed by atoms with Crippen molar-refractivity contribution in [2.24, 2.45) is 0 Å². The first-order valence-electron chi connectivity index (χ1n) is 2.82. The second-order valence-electron chi connectivity index (χ2n) is 1.95. The van der Waals surface area contributed by atoms with Gasteiger partial charge < -0.3 is 10.2 Å². The minimum atomic E-state index is -0.605. The number of rotatable bonds is 3. The Morgan fingerprint density at radius 3 is 2.12 bits per heavy atom. The van der Waals surface area contributed by atoms with Crippen LogP contribution in [0.3, 0.4) is 0 Å². The first-order valence-corrected chi connectivity index (χ1v) is 2.82. The molecule has 0 aromatic heterocycles. The van der Waals surface area contributed by atoms with Gasteiger partial charge >= 0.3 is 0 Å². The third-order valence-corrected chi connectivity index (χ3v) is 1.03. The molecule has 2 N–H and O–H groups in total. The lowest BCUT2D eigenvalue weighted by molar-refractivity contribution is 0.0314. The van der Waals surface area contributed by atoms with E-state index in [0.717, 1.165) is 0 Å². The molecule has 0 aliphatic carbocycles. The molecule has 2 atom stereocenters. The van der Waals surface area contributed by atoms with Crippen LogP contribution in [0.1, 0.15) is 20.3 Å². The molecule has 0 aromatic rings. The predicted octanol–water partition coefficient (Wildman–Crippen LogP) is 0.342. The molecule has 0 saturated heterocycles. The van der Waals surface area contributed by atoms with Gasteiger partial charge in [-0.3, -0.25) is 0 Å². The monoisotopic (exact) mass is 117 g/mol. The van der Waals surface area contributed by atoms with Gasteiger partial charge in [-0.25, -0.2) is 0 Å². The Labute approximate surface area is 50.2 Å². The Hall–Kier alpha value is -0.0800. The summed E-state index contributed by atoms with van der Waals surface area (Å²) in [5.74, 6) is 0. The summed E-state index contributed by atoms with van der Waals surface area (Å²) in [5, 5.41) is 17.5. The van der Waals surface area contributed by atoms with Crippen LogP contribution in [-0.2, 0) is 0 Å². The zero-order valence-corrected chi connectivity index (χ0v) is 5.33. The molecule has 0 aliphatic rings. The smallest absolute Gasteiger partial charge is 0.0799 e. The first kappa shape index (κ1) is 7.92. The van der Waals surface area contributed by atoms with E-state index in [1.807, 2.05) is 13.3 Å². The van der Waals surface area contributed by atoms with E-state index in [1.165, 1.54) is 0 Å². The fourth-order valence-corrected chi connectivity index (χ4v) is 0.438. The highest BCUT2D eigenvalue weighted by Gasteiger charge is 2.07. The predicted molar refractivity (Wildman–Crippen MR) is 32.3 cm³/mol. The minimum Gasteiger partial charge on any atom is -0.391 e. The van der Waals surface area contributed by atoms with Crippen molar-refractivity contribution in [1.29, 1.82) is 0 Å². The van der Waals surface area contributed by atoms with Crippen LogP contribution in [0.4, 0.5) is 0 Å². The van der Waals surface area contributed by atoms with Crippen molar-refractivity contribution >= 4 is 0 Å². The van der Waals surface area contributed by atoms with Gasteiger partial charge in [0.1, 0.15) is 0 Å².